The Kier molecular flexibility index (Phi) is 3.86. The highest BCUT2D eigenvalue weighted by Gasteiger charge is 2.10. The Hall–Kier alpha value is -1.27. The normalized spacial score (nSPS) is 11.3. The number of rotatable bonds is 5. The van der Waals surface area contributed by atoms with Gasteiger partial charge in [-0.05, 0) is 28.8 Å². The minimum atomic E-state index is -2.53. The maximum atomic E-state index is 12.5. The minimum absolute atomic E-state index is 0.340. The fraction of sp³-hybridized carbons (Fsp3) is 0.364. The molecule has 2 heterocycles. The molecule has 3 nitrogen and oxygen atoms in total. The van der Waals surface area contributed by atoms with Crippen LogP contribution in [0.5, 0.6) is 0 Å². The summed E-state index contributed by atoms with van der Waals surface area (Å²) in [7, 11) is 0. The average molecular weight is 257 g/mol. The summed E-state index contributed by atoms with van der Waals surface area (Å²) in [5.41, 5.74) is 2.42. The van der Waals surface area contributed by atoms with Crippen LogP contribution in [-0.4, -0.2) is 9.55 Å². The summed E-state index contributed by atoms with van der Waals surface area (Å²) in [6, 6.07) is 0. The van der Waals surface area contributed by atoms with Gasteiger partial charge in [0.2, 0.25) is 0 Å². The minimum Gasteiger partial charge on any atom is -0.306 e. The monoisotopic (exact) mass is 257 g/mol. The summed E-state index contributed by atoms with van der Waals surface area (Å²) in [4.78, 5) is 3.90. The SMILES string of the molecule is Cc1cscc1CNCc1nccn1C(F)F. The first-order valence-electron chi connectivity index (χ1n) is 5.20. The van der Waals surface area contributed by atoms with Crippen LogP contribution in [0.25, 0.3) is 0 Å². The standard InChI is InChI=1S/C11H13F2N3S/c1-8-6-17-7-9(8)4-14-5-10-15-2-3-16(10)11(12)13/h2-3,6-7,11,14H,4-5H2,1H3. The van der Waals surface area contributed by atoms with E-state index in [1.54, 1.807) is 11.3 Å². The molecule has 92 valence electrons. The number of alkyl halides is 2. The van der Waals surface area contributed by atoms with E-state index in [9.17, 15) is 8.78 Å². The van der Waals surface area contributed by atoms with Crippen LogP contribution in [0.1, 0.15) is 23.5 Å². The van der Waals surface area contributed by atoms with Crippen LogP contribution < -0.4 is 5.32 Å². The molecule has 0 saturated heterocycles. The van der Waals surface area contributed by atoms with Gasteiger partial charge in [-0.1, -0.05) is 0 Å². The van der Waals surface area contributed by atoms with Crippen LogP contribution in [0.15, 0.2) is 23.2 Å². The molecular formula is C11H13F2N3S. The van der Waals surface area contributed by atoms with Crippen LogP contribution in [0.2, 0.25) is 0 Å². The van der Waals surface area contributed by atoms with Crippen molar-refractivity contribution in [1.29, 1.82) is 0 Å². The second-order valence-electron chi connectivity index (χ2n) is 3.71. The van der Waals surface area contributed by atoms with Crippen LogP contribution >= 0.6 is 11.3 Å². The number of nitrogens with zero attached hydrogens (tertiary/aromatic N) is 2. The third-order valence-corrected chi connectivity index (χ3v) is 3.43. The molecule has 17 heavy (non-hydrogen) atoms. The van der Waals surface area contributed by atoms with Gasteiger partial charge >= 0.3 is 6.55 Å². The summed E-state index contributed by atoms with van der Waals surface area (Å²) < 4.78 is 25.9. The predicted octanol–water partition coefficient (Wildman–Crippen LogP) is 2.94. The number of hydrogen-bond donors (Lipinski definition) is 1. The van der Waals surface area contributed by atoms with Gasteiger partial charge < -0.3 is 5.32 Å². The number of thiophene rings is 1. The lowest BCUT2D eigenvalue weighted by Gasteiger charge is -2.07. The van der Waals surface area contributed by atoms with E-state index in [-0.39, 0.29) is 0 Å². The van der Waals surface area contributed by atoms with Gasteiger partial charge in [0.25, 0.3) is 0 Å². The second kappa shape index (κ2) is 5.37. The number of imidazole rings is 1. The lowest BCUT2D eigenvalue weighted by Crippen LogP contribution is -2.17. The predicted molar refractivity (Wildman–Crippen MR) is 63.1 cm³/mol. The topological polar surface area (TPSA) is 29.9 Å². The van der Waals surface area contributed by atoms with Gasteiger partial charge in [0.15, 0.2) is 0 Å². The van der Waals surface area contributed by atoms with E-state index in [0.29, 0.717) is 18.9 Å². The summed E-state index contributed by atoms with van der Waals surface area (Å²) in [6.07, 6.45) is 2.68. The van der Waals surface area contributed by atoms with Crippen LogP contribution in [0, 0.1) is 6.92 Å². The van der Waals surface area contributed by atoms with Crippen molar-refractivity contribution in [2.75, 3.05) is 0 Å². The highest BCUT2D eigenvalue weighted by molar-refractivity contribution is 7.08. The number of aryl methyl sites for hydroxylation is 1. The van der Waals surface area contributed by atoms with Crippen LogP contribution in [0.3, 0.4) is 0 Å². The Bertz CT molecular complexity index is 479. The quantitative estimate of drug-likeness (QED) is 0.892. The van der Waals surface area contributed by atoms with E-state index < -0.39 is 6.55 Å². The van der Waals surface area contributed by atoms with Crippen molar-refractivity contribution >= 4 is 11.3 Å². The van der Waals surface area contributed by atoms with Crippen molar-refractivity contribution < 1.29 is 8.78 Å². The van der Waals surface area contributed by atoms with Gasteiger partial charge in [-0.15, -0.1) is 0 Å². The Morgan fingerprint density at radius 1 is 1.41 bits per heavy atom. The van der Waals surface area contributed by atoms with E-state index >= 15 is 0 Å². The zero-order chi connectivity index (χ0) is 12.3. The lowest BCUT2D eigenvalue weighted by atomic mass is 10.2. The molecule has 0 unspecified atom stereocenters. The third kappa shape index (κ3) is 2.89. The number of hydrogen-bond acceptors (Lipinski definition) is 3. The molecule has 0 fully saturated rings. The molecule has 0 aliphatic rings. The van der Waals surface area contributed by atoms with Crippen molar-refractivity contribution in [3.8, 4) is 0 Å². The molecule has 6 heteroatoms. The molecule has 0 bridgehead atoms. The largest absolute Gasteiger partial charge is 0.319 e. The van der Waals surface area contributed by atoms with Crippen LogP contribution in [-0.2, 0) is 13.1 Å². The fourth-order valence-electron chi connectivity index (χ4n) is 1.54. The fourth-order valence-corrected chi connectivity index (χ4v) is 2.39. The molecule has 1 N–H and O–H groups in total. The zero-order valence-electron chi connectivity index (χ0n) is 9.36. The number of nitrogens with one attached hydrogen (secondary N) is 1. The molecular weight excluding hydrogens is 244 g/mol. The van der Waals surface area contributed by atoms with Gasteiger partial charge in [-0.25, -0.2) is 4.98 Å². The Balaban J connectivity index is 1.90. The first kappa shape index (κ1) is 12.2. The molecule has 2 aromatic heterocycles. The molecule has 0 saturated carbocycles. The van der Waals surface area contributed by atoms with Gasteiger partial charge in [-0.2, -0.15) is 20.1 Å². The van der Waals surface area contributed by atoms with E-state index in [1.807, 2.05) is 6.92 Å². The molecule has 2 rings (SSSR count). The molecule has 0 aliphatic heterocycles. The van der Waals surface area contributed by atoms with Crippen molar-refractivity contribution in [2.24, 2.45) is 0 Å². The molecule has 0 aliphatic carbocycles. The number of halogens is 2. The molecule has 0 atom stereocenters. The summed E-state index contributed by atoms with van der Waals surface area (Å²) in [6.45, 7) is 0.517. The van der Waals surface area contributed by atoms with Gasteiger partial charge in [0.1, 0.15) is 5.82 Å². The average Bonchev–Trinajstić information content (AvgIpc) is 2.88. The maximum Gasteiger partial charge on any atom is 0.319 e. The first-order chi connectivity index (χ1) is 8.18. The van der Waals surface area contributed by atoms with Crippen molar-refractivity contribution in [3.05, 3.63) is 40.1 Å². The highest BCUT2D eigenvalue weighted by atomic mass is 32.1. The molecule has 2 aromatic rings. The van der Waals surface area contributed by atoms with Gasteiger partial charge in [0.05, 0.1) is 6.54 Å². The lowest BCUT2D eigenvalue weighted by molar-refractivity contribution is 0.0666. The number of aromatic nitrogens is 2. The summed E-state index contributed by atoms with van der Waals surface area (Å²) >= 11 is 1.64. The molecule has 0 radical (unpaired) electrons. The zero-order valence-corrected chi connectivity index (χ0v) is 10.2. The van der Waals surface area contributed by atoms with E-state index in [0.717, 1.165) is 4.57 Å². The second-order valence-corrected chi connectivity index (χ2v) is 4.46. The Morgan fingerprint density at radius 3 is 2.88 bits per heavy atom. The van der Waals surface area contributed by atoms with Crippen LogP contribution in [0.4, 0.5) is 8.78 Å². The summed E-state index contributed by atoms with van der Waals surface area (Å²) in [5.74, 6) is 0.355. The molecule has 0 spiro atoms. The highest BCUT2D eigenvalue weighted by Crippen LogP contribution is 2.14. The van der Waals surface area contributed by atoms with Crippen molar-refractivity contribution in [3.63, 3.8) is 0 Å². The van der Waals surface area contributed by atoms with E-state index in [1.165, 1.54) is 23.5 Å². The molecule has 0 amide bonds. The third-order valence-electron chi connectivity index (χ3n) is 2.52. The Labute approximate surface area is 102 Å². The Morgan fingerprint density at radius 2 is 2.24 bits per heavy atom. The molecule has 0 aromatic carbocycles. The van der Waals surface area contributed by atoms with Gasteiger partial charge in [-0.3, -0.25) is 4.57 Å². The first-order valence-corrected chi connectivity index (χ1v) is 6.15. The summed E-state index contributed by atoms with van der Waals surface area (Å²) in [5, 5.41) is 7.24. The van der Waals surface area contributed by atoms with Crippen molar-refractivity contribution in [1.82, 2.24) is 14.9 Å². The van der Waals surface area contributed by atoms with Crippen molar-refractivity contribution in [2.45, 2.75) is 26.6 Å². The maximum absolute atomic E-state index is 12.5. The van der Waals surface area contributed by atoms with E-state index in [4.69, 9.17) is 0 Å². The van der Waals surface area contributed by atoms with Gasteiger partial charge in [0, 0.05) is 18.9 Å². The van der Waals surface area contributed by atoms with E-state index in [2.05, 4.69) is 21.1 Å². The smallest absolute Gasteiger partial charge is 0.306 e.